The normalized spacial score (nSPS) is 16.7. The van der Waals surface area contributed by atoms with Crippen LogP contribution in [0.3, 0.4) is 0 Å². The van der Waals surface area contributed by atoms with E-state index in [0.717, 1.165) is 5.56 Å². The van der Waals surface area contributed by atoms with Crippen molar-refractivity contribution in [2.45, 2.75) is 26.7 Å². The van der Waals surface area contributed by atoms with Crippen LogP contribution < -0.4 is 15.8 Å². The van der Waals surface area contributed by atoms with Gasteiger partial charge in [-0.25, -0.2) is 9.59 Å². The van der Waals surface area contributed by atoms with Gasteiger partial charge >= 0.3 is 11.9 Å². The quantitative estimate of drug-likeness (QED) is 0.704. The van der Waals surface area contributed by atoms with E-state index in [4.69, 9.17) is 19.9 Å². The Morgan fingerprint density at radius 1 is 1.04 bits per heavy atom. The molecule has 0 saturated carbocycles. The summed E-state index contributed by atoms with van der Waals surface area (Å²) in [5, 5.41) is 3.08. The first-order chi connectivity index (χ1) is 13.0. The average molecular weight is 374 g/mol. The van der Waals surface area contributed by atoms with Crippen LogP contribution in [0.25, 0.3) is 0 Å². The topological polar surface area (TPSA) is 99.9 Å². The van der Waals surface area contributed by atoms with Crippen molar-refractivity contribution < 1.29 is 23.8 Å². The largest absolute Gasteiger partial charge is 0.497 e. The van der Waals surface area contributed by atoms with Gasteiger partial charge < -0.3 is 25.3 Å². The van der Waals surface area contributed by atoms with Crippen molar-refractivity contribution in [2.75, 3.05) is 26.9 Å². The molecule has 1 heterocycles. The lowest BCUT2D eigenvalue weighted by Crippen LogP contribution is -2.35. The van der Waals surface area contributed by atoms with Crippen molar-refractivity contribution >= 4 is 11.9 Å². The first kappa shape index (κ1) is 20.5. The molecule has 0 fully saturated rings. The Bertz CT molecular complexity index is 765. The number of benzene rings is 1. The van der Waals surface area contributed by atoms with Crippen molar-refractivity contribution in [1.29, 1.82) is 0 Å². The van der Waals surface area contributed by atoms with Gasteiger partial charge in [0.05, 0.1) is 37.4 Å². The molecule has 0 amide bonds. The number of hydrogen-bond acceptors (Lipinski definition) is 7. The Hall–Kier alpha value is -2.80. The van der Waals surface area contributed by atoms with Crippen LogP contribution in [0, 0.1) is 0 Å². The number of rotatable bonds is 7. The molecule has 0 aromatic heterocycles. The van der Waals surface area contributed by atoms with Gasteiger partial charge in [0.25, 0.3) is 0 Å². The third kappa shape index (κ3) is 4.31. The van der Waals surface area contributed by atoms with Crippen LogP contribution >= 0.6 is 0 Å². The van der Waals surface area contributed by atoms with Gasteiger partial charge in [-0.3, -0.25) is 0 Å². The Morgan fingerprint density at radius 2 is 1.59 bits per heavy atom. The number of allylic oxidation sites excluding steroid dienone is 1. The summed E-state index contributed by atoms with van der Waals surface area (Å²) in [4.78, 5) is 25.4. The number of ether oxygens (including phenoxy) is 3. The number of nitrogens with two attached hydrogens (primary N) is 1. The molecular formula is C20H26N2O5. The highest BCUT2D eigenvalue weighted by Gasteiger charge is 2.38. The van der Waals surface area contributed by atoms with E-state index in [0.29, 0.717) is 28.3 Å². The van der Waals surface area contributed by atoms with E-state index in [1.54, 1.807) is 40.0 Å². The number of esters is 2. The summed E-state index contributed by atoms with van der Waals surface area (Å²) in [6, 6.07) is 7.18. The molecule has 7 nitrogen and oxygen atoms in total. The lowest BCUT2D eigenvalue weighted by Gasteiger charge is -2.31. The molecule has 0 aliphatic carbocycles. The number of dihydropyridines is 1. The molecule has 7 heteroatoms. The monoisotopic (exact) mass is 374 g/mol. The highest BCUT2D eigenvalue weighted by atomic mass is 16.5. The van der Waals surface area contributed by atoms with Crippen LogP contribution in [0.15, 0.2) is 46.8 Å². The fourth-order valence-electron chi connectivity index (χ4n) is 3.12. The third-order valence-corrected chi connectivity index (χ3v) is 4.29. The number of hydrogen-bond donors (Lipinski definition) is 2. The van der Waals surface area contributed by atoms with Gasteiger partial charge in [0.1, 0.15) is 5.75 Å². The lowest BCUT2D eigenvalue weighted by atomic mass is 9.80. The molecule has 1 aromatic rings. The molecular weight excluding hydrogens is 348 g/mol. The highest BCUT2D eigenvalue weighted by molar-refractivity contribution is 6.00. The second kappa shape index (κ2) is 9.23. The lowest BCUT2D eigenvalue weighted by molar-refractivity contribution is -0.139. The minimum atomic E-state index is -0.645. The van der Waals surface area contributed by atoms with E-state index in [1.807, 2.05) is 12.1 Å². The molecule has 1 unspecified atom stereocenters. The summed E-state index contributed by atoms with van der Waals surface area (Å²) in [7, 11) is 1.57. The molecule has 0 spiro atoms. The predicted molar refractivity (Wildman–Crippen MR) is 101 cm³/mol. The molecule has 1 aromatic carbocycles. The second-order valence-corrected chi connectivity index (χ2v) is 5.91. The summed E-state index contributed by atoms with van der Waals surface area (Å²) in [5.74, 6) is -0.970. The molecule has 27 heavy (non-hydrogen) atoms. The molecule has 146 valence electrons. The fraction of sp³-hybridized carbons (Fsp3) is 0.400. The van der Waals surface area contributed by atoms with E-state index < -0.39 is 17.9 Å². The van der Waals surface area contributed by atoms with Crippen LogP contribution in [0.2, 0.25) is 0 Å². The Balaban J connectivity index is 2.65. The molecule has 0 saturated heterocycles. The van der Waals surface area contributed by atoms with E-state index >= 15 is 0 Å². The van der Waals surface area contributed by atoms with Gasteiger partial charge in [0, 0.05) is 17.9 Å². The third-order valence-electron chi connectivity index (χ3n) is 4.29. The van der Waals surface area contributed by atoms with Gasteiger partial charge in [-0.2, -0.15) is 0 Å². The summed E-state index contributed by atoms with van der Waals surface area (Å²) < 4.78 is 15.7. The molecule has 1 aliphatic rings. The fourth-order valence-corrected chi connectivity index (χ4v) is 3.12. The summed E-state index contributed by atoms with van der Waals surface area (Å²) in [5.41, 5.74) is 8.42. The minimum Gasteiger partial charge on any atom is -0.497 e. The van der Waals surface area contributed by atoms with Crippen LogP contribution in [0.4, 0.5) is 0 Å². The second-order valence-electron chi connectivity index (χ2n) is 5.91. The molecule has 2 rings (SSSR count). The first-order valence-electron chi connectivity index (χ1n) is 8.87. The van der Waals surface area contributed by atoms with Crippen molar-refractivity contribution in [3.63, 3.8) is 0 Å². The molecule has 0 bridgehead atoms. The van der Waals surface area contributed by atoms with Crippen LogP contribution in [-0.2, 0) is 19.1 Å². The van der Waals surface area contributed by atoms with E-state index in [-0.39, 0.29) is 19.8 Å². The van der Waals surface area contributed by atoms with Crippen LogP contribution in [0.1, 0.15) is 32.3 Å². The molecule has 1 atom stereocenters. The van der Waals surface area contributed by atoms with Gasteiger partial charge in [-0.15, -0.1) is 0 Å². The zero-order valence-corrected chi connectivity index (χ0v) is 16.1. The number of nitrogens with one attached hydrogen (secondary N) is 1. The van der Waals surface area contributed by atoms with E-state index in [1.165, 1.54) is 0 Å². The Morgan fingerprint density at radius 3 is 2.07 bits per heavy atom. The molecule has 1 aliphatic heterocycles. The standard InChI is InChI=1S/C20H26N2O5/c1-5-26-19(23)16-12(3)22-15(11-21)18(20(24)27-6-2)17(16)13-7-9-14(25-4)10-8-13/h7-10,17,22H,5-6,11,21H2,1-4H3. The zero-order chi connectivity index (χ0) is 20.0. The number of carbonyl (C=O) groups excluding carboxylic acids is 2. The van der Waals surface area contributed by atoms with Crippen molar-refractivity contribution in [3.8, 4) is 5.75 Å². The van der Waals surface area contributed by atoms with Gasteiger partial charge in [0.15, 0.2) is 0 Å². The number of carbonyl (C=O) groups is 2. The smallest absolute Gasteiger partial charge is 0.336 e. The Labute approximate surface area is 159 Å². The first-order valence-corrected chi connectivity index (χ1v) is 8.87. The molecule has 0 radical (unpaired) electrons. The van der Waals surface area contributed by atoms with E-state index in [9.17, 15) is 9.59 Å². The van der Waals surface area contributed by atoms with Crippen molar-refractivity contribution in [1.82, 2.24) is 5.32 Å². The summed E-state index contributed by atoms with van der Waals surface area (Å²) in [6.07, 6.45) is 0. The van der Waals surface area contributed by atoms with E-state index in [2.05, 4.69) is 5.32 Å². The summed E-state index contributed by atoms with van der Waals surface area (Å²) >= 11 is 0. The van der Waals surface area contributed by atoms with Crippen molar-refractivity contribution in [3.05, 3.63) is 52.4 Å². The SMILES string of the molecule is CCOC(=O)C1=C(C)NC(CN)=C(C(=O)OCC)C1c1ccc(OC)cc1. The maximum absolute atomic E-state index is 12.7. The predicted octanol–water partition coefficient (Wildman–Crippen LogP) is 1.99. The maximum atomic E-state index is 12.7. The van der Waals surface area contributed by atoms with Gasteiger partial charge in [-0.05, 0) is 38.5 Å². The maximum Gasteiger partial charge on any atom is 0.336 e. The summed E-state index contributed by atoms with van der Waals surface area (Å²) in [6.45, 7) is 5.78. The minimum absolute atomic E-state index is 0.105. The zero-order valence-electron chi connectivity index (χ0n) is 16.1. The van der Waals surface area contributed by atoms with Gasteiger partial charge in [0.2, 0.25) is 0 Å². The Kier molecular flexibility index (Phi) is 7.01. The van der Waals surface area contributed by atoms with Crippen LogP contribution in [-0.4, -0.2) is 38.8 Å². The number of methoxy groups -OCH3 is 1. The van der Waals surface area contributed by atoms with Crippen LogP contribution in [0.5, 0.6) is 5.75 Å². The highest BCUT2D eigenvalue weighted by Crippen LogP contribution is 2.39. The average Bonchev–Trinajstić information content (AvgIpc) is 2.67. The van der Waals surface area contributed by atoms with Crippen molar-refractivity contribution in [2.24, 2.45) is 5.73 Å². The molecule has 3 N–H and O–H groups in total. The van der Waals surface area contributed by atoms with Gasteiger partial charge in [-0.1, -0.05) is 12.1 Å².